The summed E-state index contributed by atoms with van der Waals surface area (Å²) < 4.78 is 0. The molecule has 0 saturated carbocycles. The smallest absolute Gasteiger partial charge is 0.321 e. The summed E-state index contributed by atoms with van der Waals surface area (Å²) in [4.78, 5) is 22.9. The molecule has 25 heavy (non-hydrogen) atoms. The second-order valence-electron chi connectivity index (χ2n) is 6.75. The summed E-state index contributed by atoms with van der Waals surface area (Å²) in [5.41, 5.74) is 3.78. The SMILES string of the molecule is CC(=O)C(C=C(C)CCC=C(C)CCC=C(C)C)N[C@H](CS)C(=O)O. The van der Waals surface area contributed by atoms with Crippen molar-refractivity contribution in [2.75, 3.05) is 5.75 Å². The van der Waals surface area contributed by atoms with Gasteiger partial charge in [0, 0.05) is 5.75 Å². The normalized spacial score (nSPS) is 14.8. The van der Waals surface area contributed by atoms with Crippen molar-refractivity contribution in [1.82, 2.24) is 5.32 Å². The minimum Gasteiger partial charge on any atom is -0.480 e. The summed E-state index contributed by atoms with van der Waals surface area (Å²) in [5, 5.41) is 11.9. The van der Waals surface area contributed by atoms with E-state index in [0.717, 1.165) is 31.3 Å². The Kier molecular flexibility index (Phi) is 12.3. The molecule has 0 saturated heterocycles. The lowest BCUT2D eigenvalue weighted by Crippen LogP contribution is -2.46. The van der Waals surface area contributed by atoms with E-state index in [1.807, 2.05) is 13.0 Å². The van der Waals surface area contributed by atoms with Crippen LogP contribution in [0, 0.1) is 0 Å². The summed E-state index contributed by atoms with van der Waals surface area (Å²) in [7, 11) is 0. The molecule has 1 unspecified atom stereocenters. The third kappa shape index (κ3) is 11.8. The van der Waals surface area contributed by atoms with E-state index in [-0.39, 0.29) is 11.5 Å². The number of carboxylic acid groups (broad SMARTS) is 1. The molecule has 2 atom stereocenters. The Bertz CT molecular complexity index is 531. The quantitative estimate of drug-likeness (QED) is 0.355. The Morgan fingerprint density at radius 1 is 1.00 bits per heavy atom. The maximum absolute atomic E-state index is 11.8. The number of Topliss-reactive ketones (excluding diaryl/α,β-unsaturated/α-hetero) is 1. The topological polar surface area (TPSA) is 66.4 Å². The second kappa shape index (κ2) is 13.0. The predicted octanol–water partition coefficient (Wildman–Crippen LogP) is 4.34. The molecule has 0 amide bonds. The molecule has 0 bridgehead atoms. The molecule has 5 heteroatoms. The van der Waals surface area contributed by atoms with Crippen LogP contribution in [0.5, 0.6) is 0 Å². The number of aliphatic carboxylic acids is 1. The maximum Gasteiger partial charge on any atom is 0.321 e. The van der Waals surface area contributed by atoms with Crippen LogP contribution >= 0.6 is 12.6 Å². The molecule has 0 spiro atoms. The van der Waals surface area contributed by atoms with Crippen LogP contribution in [0.15, 0.2) is 34.9 Å². The molecule has 0 aromatic carbocycles. The van der Waals surface area contributed by atoms with Gasteiger partial charge >= 0.3 is 5.97 Å². The zero-order valence-corrected chi connectivity index (χ0v) is 17.0. The van der Waals surface area contributed by atoms with E-state index in [9.17, 15) is 9.59 Å². The van der Waals surface area contributed by atoms with Crippen LogP contribution in [-0.4, -0.2) is 34.7 Å². The third-order valence-corrected chi connectivity index (χ3v) is 4.24. The van der Waals surface area contributed by atoms with Gasteiger partial charge in [0.25, 0.3) is 0 Å². The molecular weight excluding hydrogens is 334 g/mol. The molecule has 142 valence electrons. The highest BCUT2D eigenvalue weighted by Gasteiger charge is 2.21. The highest BCUT2D eigenvalue weighted by molar-refractivity contribution is 7.80. The molecule has 0 radical (unpaired) electrons. The van der Waals surface area contributed by atoms with E-state index < -0.39 is 18.1 Å². The van der Waals surface area contributed by atoms with Gasteiger partial charge in [-0.1, -0.05) is 34.9 Å². The van der Waals surface area contributed by atoms with Crippen molar-refractivity contribution in [1.29, 1.82) is 0 Å². The minimum atomic E-state index is -0.998. The number of carbonyl (C=O) groups excluding carboxylic acids is 1. The number of nitrogens with one attached hydrogen (secondary N) is 1. The van der Waals surface area contributed by atoms with Gasteiger partial charge in [0.2, 0.25) is 0 Å². The van der Waals surface area contributed by atoms with E-state index in [0.29, 0.717) is 0 Å². The summed E-state index contributed by atoms with van der Waals surface area (Å²) in [6.45, 7) is 9.79. The number of hydrogen-bond acceptors (Lipinski definition) is 4. The van der Waals surface area contributed by atoms with Crippen molar-refractivity contribution >= 4 is 24.4 Å². The Labute approximate surface area is 157 Å². The average Bonchev–Trinajstić information content (AvgIpc) is 2.50. The predicted molar refractivity (Wildman–Crippen MR) is 108 cm³/mol. The molecule has 0 aliphatic carbocycles. The Morgan fingerprint density at radius 3 is 2.04 bits per heavy atom. The fourth-order valence-corrected chi connectivity index (χ4v) is 2.57. The molecule has 0 fully saturated rings. The lowest BCUT2D eigenvalue weighted by molar-refractivity contribution is -0.139. The third-order valence-electron chi connectivity index (χ3n) is 3.87. The lowest BCUT2D eigenvalue weighted by atomic mass is 10.0. The molecule has 0 aliphatic rings. The average molecular weight is 368 g/mol. The summed E-state index contributed by atoms with van der Waals surface area (Å²) in [6, 6.07) is -1.42. The van der Waals surface area contributed by atoms with Crippen LogP contribution in [0.25, 0.3) is 0 Å². The standard InChI is InChI=1S/C20H33NO3S/c1-14(2)8-6-9-15(3)10-7-11-16(4)12-18(17(5)22)21-19(13-25)20(23)24/h8,10,12,18-19,21,25H,6-7,9,11,13H2,1-5H3,(H,23,24)/t18?,19-/m1/s1. The van der Waals surface area contributed by atoms with E-state index >= 15 is 0 Å². The minimum absolute atomic E-state index is 0.0965. The van der Waals surface area contributed by atoms with Gasteiger partial charge in [-0.15, -0.1) is 0 Å². The fraction of sp³-hybridized carbons (Fsp3) is 0.600. The summed E-state index contributed by atoms with van der Waals surface area (Å²) in [5.74, 6) is -0.956. The fourth-order valence-electron chi connectivity index (χ4n) is 2.31. The van der Waals surface area contributed by atoms with Crippen LogP contribution in [0.2, 0.25) is 0 Å². The number of rotatable bonds is 12. The molecule has 0 aliphatic heterocycles. The summed E-state index contributed by atoms with van der Waals surface area (Å²) >= 11 is 4.02. The number of allylic oxidation sites excluding steroid dienone is 5. The van der Waals surface area contributed by atoms with Crippen LogP contribution < -0.4 is 5.32 Å². The van der Waals surface area contributed by atoms with Gasteiger partial charge < -0.3 is 5.11 Å². The van der Waals surface area contributed by atoms with Crippen molar-refractivity contribution in [3.05, 3.63) is 34.9 Å². The van der Waals surface area contributed by atoms with Crippen LogP contribution in [-0.2, 0) is 9.59 Å². The first kappa shape index (κ1) is 23.7. The molecule has 4 nitrogen and oxygen atoms in total. The number of ketones is 1. The van der Waals surface area contributed by atoms with E-state index in [1.165, 1.54) is 18.1 Å². The van der Waals surface area contributed by atoms with Crippen molar-refractivity contribution in [2.45, 2.75) is 72.4 Å². The van der Waals surface area contributed by atoms with E-state index in [4.69, 9.17) is 5.11 Å². The Hall–Kier alpha value is -1.33. The van der Waals surface area contributed by atoms with Gasteiger partial charge in [-0.05, 0) is 60.3 Å². The monoisotopic (exact) mass is 367 g/mol. The first-order valence-corrected chi connectivity index (χ1v) is 9.37. The van der Waals surface area contributed by atoms with Crippen molar-refractivity contribution < 1.29 is 14.7 Å². The van der Waals surface area contributed by atoms with Crippen molar-refractivity contribution in [3.8, 4) is 0 Å². The first-order chi connectivity index (χ1) is 11.7. The van der Waals surface area contributed by atoms with E-state index in [2.05, 4.69) is 50.9 Å². The highest BCUT2D eigenvalue weighted by Crippen LogP contribution is 2.12. The zero-order chi connectivity index (χ0) is 19.4. The highest BCUT2D eigenvalue weighted by atomic mass is 32.1. The van der Waals surface area contributed by atoms with Gasteiger partial charge in [-0.3, -0.25) is 14.9 Å². The van der Waals surface area contributed by atoms with Crippen LogP contribution in [0.3, 0.4) is 0 Å². The van der Waals surface area contributed by atoms with Gasteiger partial charge in [0.05, 0.1) is 6.04 Å². The van der Waals surface area contributed by atoms with Gasteiger partial charge in [0.15, 0.2) is 5.78 Å². The number of carbonyl (C=O) groups is 2. The molecule has 2 N–H and O–H groups in total. The van der Waals surface area contributed by atoms with Crippen LogP contribution in [0.1, 0.15) is 60.3 Å². The molecule has 0 aromatic rings. The summed E-state index contributed by atoms with van der Waals surface area (Å²) in [6.07, 6.45) is 10.2. The number of thiol groups is 1. The lowest BCUT2D eigenvalue weighted by Gasteiger charge is -2.18. The Morgan fingerprint density at radius 2 is 1.56 bits per heavy atom. The van der Waals surface area contributed by atoms with E-state index in [1.54, 1.807) is 0 Å². The first-order valence-electron chi connectivity index (χ1n) is 8.73. The van der Waals surface area contributed by atoms with Gasteiger partial charge in [-0.25, -0.2) is 0 Å². The Balaban J connectivity index is 4.62. The second-order valence-corrected chi connectivity index (χ2v) is 7.12. The molecule has 0 aromatic heterocycles. The largest absolute Gasteiger partial charge is 0.480 e. The molecule has 0 heterocycles. The van der Waals surface area contributed by atoms with Crippen molar-refractivity contribution in [3.63, 3.8) is 0 Å². The van der Waals surface area contributed by atoms with Gasteiger partial charge in [0.1, 0.15) is 6.04 Å². The molecular formula is C20H33NO3S. The number of hydrogen-bond donors (Lipinski definition) is 3. The zero-order valence-electron chi connectivity index (χ0n) is 16.1. The van der Waals surface area contributed by atoms with Gasteiger partial charge in [-0.2, -0.15) is 12.6 Å². The van der Waals surface area contributed by atoms with Crippen molar-refractivity contribution in [2.24, 2.45) is 0 Å². The maximum atomic E-state index is 11.8. The molecule has 0 rings (SSSR count). The number of carboxylic acids is 1. The van der Waals surface area contributed by atoms with Crippen LogP contribution in [0.4, 0.5) is 0 Å².